The summed E-state index contributed by atoms with van der Waals surface area (Å²) < 4.78 is 1.78. The Kier molecular flexibility index (Phi) is 4.10. The van der Waals surface area contributed by atoms with Gasteiger partial charge in [-0.15, -0.1) is 0 Å². The molecule has 0 saturated heterocycles. The largest absolute Gasteiger partial charge is 0.315 e. The average molecular weight is 245 g/mol. The SMILES string of the molecule is CCNCCn1c(CC)nc2ccccc2c1=O. The first-order valence-corrected chi connectivity index (χ1v) is 6.47. The number of benzene rings is 1. The van der Waals surface area contributed by atoms with Gasteiger partial charge in [0.1, 0.15) is 5.82 Å². The van der Waals surface area contributed by atoms with Crippen LogP contribution in [0.15, 0.2) is 29.1 Å². The van der Waals surface area contributed by atoms with E-state index in [0.29, 0.717) is 11.9 Å². The van der Waals surface area contributed by atoms with Crippen LogP contribution in [-0.2, 0) is 13.0 Å². The molecule has 0 spiro atoms. The fourth-order valence-corrected chi connectivity index (χ4v) is 2.08. The first-order chi connectivity index (χ1) is 8.77. The number of likely N-dealkylation sites (N-methyl/N-ethyl adjacent to an activating group) is 1. The van der Waals surface area contributed by atoms with Crippen molar-refractivity contribution in [2.45, 2.75) is 26.8 Å². The van der Waals surface area contributed by atoms with E-state index in [9.17, 15) is 4.79 Å². The molecule has 0 radical (unpaired) electrons. The maximum Gasteiger partial charge on any atom is 0.261 e. The van der Waals surface area contributed by atoms with Crippen LogP contribution in [0.5, 0.6) is 0 Å². The highest BCUT2D eigenvalue weighted by Gasteiger charge is 2.08. The Morgan fingerprint density at radius 2 is 2.06 bits per heavy atom. The Labute approximate surface area is 107 Å². The molecule has 0 aliphatic rings. The van der Waals surface area contributed by atoms with Gasteiger partial charge >= 0.3 is 0 Å². The Balaban J connectivity index is 2.49. The third kappa shape index (κ3) is 2.43. The summed E-state index contributed by atoms with van der Waals surface area (Å²) in [6, 6.07) is 7.53. The minimum Gasteiger partial charge on any atom is -0.315 e. The molecule has 1 heterocycles. The van der Waals surface area contributed by atoms with Gasteiger partial charge in [0.05, 0.1) is 10.9 Å². The number of aryl methyl sites for hydroxylation is 1. The van der Waals surface area contributed by atoms with E-state index in [2.05, 4.69) is 17.2 Å². The molecule has 0 aliphatic heterocycles. The van der Waals surface area contributed by atoms with Crippen LogP contribution in [0.2, 0.25) is 0 Å². The molecular weight excluding hydrogens is 226 g/mol. The van der Waals surface area contributed by atoms with Crippen LogP contribution in [0.25, 0.3) is 10.9 Å². The predicted octanol–water partition coefficient (Wildman–Crippen LogP) is 1.57. The minimum absolute atomic E-state index is 0.0651. The fraction of sp³-hybridized carbons (Fsp3) is 0.429. The van der Waals surface area contributed by atoms with Gasteiger partial charge in [-0.25, -0.2) is 4.98 Å². The van der Waals surface area contributed by atoms with Gasteiger partial charge in [0.25, 0.3) is 5.56 Å². The second kappa shape index (κ2) is 5.78. The van der Waals surface area contributed by atoms with Gasteiger partial charge in [0.15, 0.2) is 0 Å². The van der Waals surface area contributed by atoms with Crippen LogP contribution in [0.3, 0.4) is 0 Å². The third-order valence-corrected chi connectivity index (χ3v) is 3.02. The Morgan fingerprint density at radius 1 is 1.28 bits per heavy atom. The second-order valence-electron chi connectivity index (χ2n) is 4.21. The van der Waals surface area contributed by atoms with Crippen LogP contribution in [0.4, 0.5) is 0 Å². The number of aromatic nitrogens is 2. The Bertz CT molecular complexity index is 589. The van der Waals surface area contributed by atoms with Crippen molar-refractivity contribution in [2.75, 3.05) is 13.1 Å². The molecule has 0 saturated carbocycles. The van der Waals surface area contributed by atoms with Crippen LogP contribution in [0, 0.1) is 0 Å². The smallest absolute Gasteiger partial charge is 0.261 e. The lowest BCUT2D eigenvalue weighted by molar-refractivity contribution is 0.572. The standard InChI is InChI=1S/C14H19N3O/c1-3-13-16-12-8-6-5-7-11(12)14(18)17(13)10-9-15-4-2/h5-8,15H,3-4,9-10H2,1-2H3. The molecule has 0 amide bonds. The quantitative estimate of drug-likeness (QED) is 0.813. The van der Waals surface area contributed by atoms with E-state index in [0.717, 1.165) is 30.9 Å². The third-order valence-electron chi connectivity index (χ3n) is 3.02. The van der Waals surface area contributed by atoms with Crippen LogP contribution in [-0.4, -0.2) is 22.6 Å². The molecule has 96 valence electrons. The lowest BCUT2D eigenvalue weighted by atomic mass is 10.2. The van der Waals surface area contributed by atoms with Crippen molar-refractivity contribution < 1.29 is 0 Å². The molecule has 0 fully saturated rings. The van der Waals surface area contributed by atoms with Gasteiger partial charge in [-0.1, -0.05) is 26.0 Å². The summed E-state index contributed by atoms with van der Waals surface area (Å²) in [5.41, 5.74) is 0.856. The summed E-state index contributed by atoms with van der Waals surface area (Å²) in [5.74, 6) is 0.858. The van der Waals surface area contributed by atoms with Crippen molar-refractivity contribution in [3.63, 3.8) is 0 Å². The average Bonchev–Trinajstić information content (AvgIpc) is 2.41. The normalized spacial score (nSPS) is 11.0. The summed E-state index contributed by atoms with van der Waals surface area (Å²) in [7, 11) is 0. The topological polar surface area (TPSA) is 46.9 Å². The number of nitrogens with zero attached hydrogens (tertiary/aromatic N) is 2. The fourth-order valence-electron chi connectivity index (χ4n) is 2.08. The lowest BCUT2D eigenvalue weighted by Crippen LogP contribution is -2.30. The molecule has 0 aliphatic carbocycles. The van der Waals surface area contributed by atoms with Gasteiger partial charge in [-0.05, 0) is 18.7 Å². The highest BCUT2D eigenvalue weighted by molar-refractivity contribution is 5.77. The van der Waals surface area contributed by atoms with Crippen molar-refractivity contribution in [3.05, 3.63) is 40.4 Å². The van der Waals surface area contributed by atoms with E-state index in [1.54, 1.807) is 4.57 Å². The summed E-state index contributed by atoms with van der Waals surface area (Å²) in [4.78, 5) is 17.0. The summed E-state index contributed by atoms with van der Waals surface area (Å²) in [5, 5.41) is 3.94. The maximum absolute atomic E-state index is 12.4. The summed E-state index contributed by atoms with van der Waals surface area (Å²) >= 11 is 0. The Morgan fingerprint density at radius 3 is 2.78 bits per heavy atom. The number of fused-ring (bicyclic) bond motifs is 1. The van der Waals surface area contributed by atoms with Crippen molar-refractivity contribution in [1.82, 2.24) is 14.9 Å². The molecular formula is C14H19N3O. The highest BCUT2D eigenvalue weighted by atomic mass is 16.1. The molecule has 4 nitrogen and oxygen atoms in total. The summed E-state index contributed by atoms with van der Waals surface area (Å²) in [6.07, 6.45) is 0.770. The molecule has 1 aromatic heterocycles. The van der Waals surface area contributed by atoms with E-state index in [4.69, 9.17) is 0 Å². The second-order valence-corrected chi connectivity index (χ2v) is 4.21. The Hall–Kier alpha value is -1.68. The number of para-hydroxylation sites is 1. The van der Waals surface area contributed by atoms with E-state index < -0.39 is 0 Å². The predicted molar refractivity (Wildman–Crippen MR) is 73.9 cm³/mol. The number of hydrogen-bond acceptors (Lipinski definition) is 3. The molecule has 0 atom stereocenters. The van der Waals surface area contributed by atoms with Crippen molar-refractivity contribution >= 4 is 10.9 Å². The van der Waals surface area contributed by atoms with E-state index in [1.165, 1.54) is 0 Å². The molecule has 0 bridgehead atoms. The number of nitrogens with one attached hydrogen (secondary N) is 1. The molecule has 18 heavy (non-hydrogen) atoms. The number of rotatable bonds is 5. The van der Waals surface area contributed by atoms with Crippen LogP contribution >= 0.6 is 0 Å². The van der Waals surface area contributed by atoms with E-state index in [-0.39, 0.29) is 5.56 Å². The molecule has 4 heteroatoms. The zero-order valence-electron chi connectivity index (χ0n) is 10.9. The van der Waals surface area contributed by atoms with Crippen molar-refractivity contribution in [1.29, 1.82) is 0 Å². The van der Waals surface area contributed by atoms with E-state index in [1.807, 2.05) is 31.2 Å². The van der Waals surface area contributed by atoms with Crippen molar-refractivity contribution in [3.8, 4) is 0 Å². The van der Waals surface area contributed by atoms with Crippen LogP contribution in [0.1, 0.15) is 19.7 Å². The molecule has 1 aromatic carbocycles. The van der Waals surface area contributed by atoms with Gasteiger partial charge in [-0.3, -0.25) is 9.36 Å². The zero-order chi connectivity index (χ0) is 13.0. The minimum atomic E-state index is 0.0651. The highest BCUT2D eigenvalue weighted by Crippen LogP contribution is 2.08. The van der Waals surface area contributed by atoms with Crippen molar-refractivity contribution in [2.24, 2.45) is 0 Å². The van der Waals surface area contributed by atoms with Gasteiger partial charge in [0, 0.05) is 19.5 Å². The van der Waals surface area contributed by atoms with E-state index >= 15 is 0 Å². The maximum atomic E-state index is 12.4. The molecule has 2 rings (SSSR count). The van der Waals surface area contributed by atoms with Crippen LogP contribution < -0.4 is 10.9 Å². The first-order valence-electron chi connectivity index (χ1n) is 6.47. The zero-order valence-corrected chi connectivity index (χ0v) is 10.9. The summed E-state index contributed by atoms with van der Waals surface area (Å²) in [6.45, 7) is 6.47. The first kappa shape index (κ1) is 12.8. The molecule has 2 aromatic rings. The van der Waals surface area contributed by atoms with Gasteiger partial charge < -0.3 is 5.32 Å². The van der Waals surface area contributed by atoms with Gasteiger partial charge in [-0.2, -0.15) is 0 Å². The molecule has 0 unspecified atom stereocenters. The monoisotopic (exact) mass is 245 g/mol. The number of hydrogen-bond donors (Lipinski definition) is 1. The lowest BCUT2D eigenvalue weighted by Gasteiger charge is -2.12. The molecule has 1 N–H and O–H groups in total. The van der Waals surface area contributed by atoms with Gasteiger partial charge in [0.2, 0.25) is 0 Å².